The molecule has 1 aliphatic rings. The molecule has 108 valence electrons. The maximum atomic E-state index is 12.3. The minimum Gasteiger partial charge on any atom is -0.369 e. The van der Waals surface area contributed by atoms with Gasteiger partial charge in [-0.2, -0.15) is 0 Å². The van der Waals surface area contributed by atoms with Crippen molar-refractivity contribution in [2.24, 2.45) is 5.73 Å². The van der Waals surface area contributed by atoms with Crippen LogP contribution in [0.5, 0.6) is 0 Å². The van der Waals surface area contributed by atoms with Crippen LogP contribution in [-0.2, 0) is 4.79 Å². The molecule has 0 unspecified atom stereocenters. The van der Waals surface area contributed by atoms with E-state index in [4.69, 9.17) is 5.73 Å². The zero-order chi connectivity index (χ0) is 14.4. The van der Waals surface area contributed by atoms with E-state index >= 15 is 0 Å². The Kier molecular flexibility index (Phi) is 5.43. The lowest BCUT2D eigenvalue weighted by atomic mass is 10.1. The van der Waals surface area contributed by atoms with Crippen LogP contribution >= 0.6 is 11.8 Å². The Morgan fingerprint density at radius 1 is 1.40 bits per heavy atom. The molecule has 0 spiro atoms. The van der Waals surface area contributed by atoms with Crippen LogP contribution in [0.2, 0.25) is 0 Å². The number of hydrogen-bond acceptors (Lipinski definition) is 4. The van der Waals surface area contributed by atoms with E-state index in [2.05, 4.69) is 10.6 Å². The van der Waals surface area contributed by atoms with Gasteiger partial charge in [-0.3, -0.25) is 9.59 Å². The van der Waals surface area contributed by atoms with Gasteiger partial charge in [0.2, 0.25) is 5.91 Å². The van der Waals surface area contributed by atoms with Crippen molar-refractivity contribution in [2.75, 3.05) is 18.8 Å². The molecule has 4 N–H and O–H groups in total. The van der Waals surface area contributed by atoms with Crippen LogP contribution < -0.4 is 16.4 Å². The number of carbonyl (C=O) groups excluding carboxylic acids is 2. The third-order valence-electron chi connectivity index (χ3n) is 3.13. The molecular weight excluding hydrogens is 274 g/mol. The number of rotatable bonds is 5. The van der Waals surface area contributed by atoms with Gasteiger partial charge in [0.25, 0.3) is 5.91 Å². The number of benzene rings is 1. The maximum absolute atomic E-state index is 12.3. The normalized spacial score (nSPS) is 18.5. The summed E-state index contributed by atoms with van der Waals surface area (Å²) >= 11 is 1.29. The van der Waals surface area contributed by atoms with E-state index in [1.807, 2.05) is 18.2 Å². The Morgan fingerprint density at radius 3 is 2.90 bits per heavy atom. The van der Waals surface area contributed by atoms with Crippen molar-refractivity contribution < 1.29 is 9.59 Å². The summed E-state index contributed by atoms with van der Waals surface area (Å²) in [7, 11) is 0. The van der Waals surface area contributed by atoms with Crippen LogP contribution in [0, 0.1) is 0 Å². The molecule has 1 heterocycles. The number of carbonyl (C=O) groups is 2. The number of amides is 2. The molecule has 2 rings (SSSR count). The molecule has 0 saturated carbocycles. The summed E-state index contributed by atoms with van der Waals surface area (Å²) < 4.78 is 0. The van der Waals surface area contributed by atoms with Gasteiger partial charge in [0.05, 0.1) is 11.3 Å². The lowest BCUT2D eigenvalue weighted by Gasteiger charge is -2.24. The summed E-state index contributed by atoms with van der Waals surface area (Å²) in [6.45, 7) is 1.82. The van der Waals surface area contributed by atoms with E-state index in [1.54, 1.807) is 6.07 Å². The van der Waals surface area contributed by atoms with Crippen LogP contribution in [0.25, 0.3) is 0 Å². The quantitative estimate of drug-likeness (QED) is 0.699. The van der Waals surface area contributed by atoms with Gasteiger partial charge < -0.3 is 16.4 Å². The standard InChI is InChI=1S/C14H19N3O2S/c15-13(18)9-20-12-6-2-1-5-11(12)14(19)17-10-4-3-7-16-8-10/h1-2,5-6,10,16H,3-4,7-9H2,(H2,15,18)(H,17,19)/t10-/m0/s1. The molecule has 1 fully saturated rings. The first-order valence-corrected chi connectivity index (χ1v) is 7.67. The molecule has 5 nitrogen and oxygen atoms in total. The predicted molar refractivity (Wildman–Crippen MR) is 79.7 cm³/mol. The number of nitrogens with one attached hydrogen (secondary N) is 2. The van der Waals surface area contributed by atoms with Gasteiger partial charge >= 0.3 is 0 Å². The Labute approximate surface area is 122 Å². The summed E-state index contributed by atoms with van der Waals surface area (Å²) in [5.74, 6) is -0.303. The number of nitrogens with two attached hydrogens (primary N) is 1. The number of thioether (sulfide) groups is 1. The Bertz CT molecular complexity index is 487. The van der Waals surface area contributed by atoms with Crippen molar-refractivity contribution >= 4 is 23.6 Å². The van der Waals surface area contributed by atoms with Gasteiger partial charge in [-0.05, 0) is 31.5 Å². The zero-order valence-electron chi connectivity index (χ0n) is 11.2. The fourth-order valence-corrected chi connectivity index (χ4v) is 2.96. The summed E-state index contributed by atoms with van der Waals surface area (Å²) in [4.78, 5) is 24.0. The maximum Gasteiger partial charge on any atom is 0.252 e. The van der Waals surface area contributed by atoms with Crippen LogP contribution in [-0.4, -0.2) is 36.7 Å². The fraction of sp³-hybridized carbons (Fsp3) is 0.429. The molecule has 0 aromatic heterocycles. The third-order valence-corrected chi connectivity index (χ3v) is 4.23. The smallest absolute Gasteiger partial charge is 0.252 e. The Hall–Kier alpha value is -1.53. The second-order valence-corrected chi connectivity index (χ2v) is 5.79. The average Bonchev–Trinajstić information content (AvgIpc) is 2.46. The van der Waals surface area contributed by atoms with Gasteiger partial charge in [-0.15, -0.1) is 11.8 Å². The van der Waals surface area contributed by atoms with Gasteiger partial charge in [0, 0.05) is 17.5 Å². The first-order valence-electron chi connectivity index (χ1n) is 6.68. The van der Waals surface area contributed by atoms with Crippen LogP contribution in [0.15, 0.2) is 29.2 Å². The van der Waals surface area contributed by atoms with E-state index < -0.39 is 0 Å². The van der Waals surface area contributed by atoms with E-state index in [-0.39, 0.29) is 23.6 Å². The Balaban J connectivity index is 2.02. The van der Waals surface area contributed by atoms with E-state index in [0.29, 0.717) is 5.56 Å². The molecule has 1 saturated heterocycles. The van der Waals surface area contributed by atoms with Crippen LogP contribution in [0.1, 0.15) is 23.2 Å². The summed E-state index contributed by atoms with van der Waals surface area (Å²) in [5, 5.41) is 6.30. The lowest BCUT2D eigenvalue weighted by Crippen LogP contribution is -2.45. The minimum absolute atomic E-state index is 0.0914. The Morgan fingerprint density at radius 2 is 2.20 bits per heavy atom. The zero-order valence-corrected chi connectivity index (χ0v) is 12.0. The molecule has 6 heteroatoms. The van der Waals surface area contributed by atoms with Gasteiger partial charge in [0.1, 0.15) is 0 Å². The first kappa shape index (κ1) is 14.9. The molecule has 1 atom stereocenters. The molecule has 1 aromatic carbocycles. The number of primary amides is 1. The van der Waals surface area contributed by atoms with E-state index in [1.165, 1.54) is 11.8 Å². The van der Waals surface area contributed by atoms with Crippen molar-refractivity contribution in [1.29, 1.82) is 0 Å². The molecule has 0 bridgehead atoms. The first-order chi connectivity index (χ1) is 9.66. The van der Waals surface area contributed by atoms with Crippen molar-refractivity contribution in [3.8, 4) is 0 Å². The average molecular weight is 293 g/mol. The minimum atomic E-state index is -0.387. The highest BCUT2D eigenvalue weighted by molar-refractivity contribution is 8.00. The van der Waals surface area contributed by atoms with Crippen LogP contribution in [0.3, 0.4) is 0 Å². The molecular formula is C14H19N3O2S. The molecule has 20 heavy (non-hydrogen) atoms. The second-order valence-electron chi connectivity index (χ2n) is 4.77. The fourth-order valence-electron chi connectivity index (χ4n) is 2.17. The molecule has 0 aliphatic carbocycles. The summed E-state index contributed by atoms with van der Waals surface area (Å²) in [6.07, 6.45) is 2.07. The van der Waals surface area contributed by atoms with Gasteiger partial charge in [0.15, 0.2) is 0 Å². The SMILES string of the molecule is NC(=O)CSc1ccccc1C(=O)N[C@H]1CCCNC1. The summed E-state index contributed by atoms with van der Waals surface area (Å²) in [6, 6.07) is 7.45. The molecule has 1 aliphatic heterocycles. The highest BCUT2D eigenvalue weighted by Gasteiger charge is 2.18. The molecule has 2 amide bonds. The van der Waals surface area contributed by atoms with Crippen molar-refractivity contribution in [3.05, 3.63) is 29.8 Å². The topological polar surface area (TPSA) is 84.2 Å². The van der Waals surface area contributed by atoms with Crippen molar-refractivity contribution in [2.45, 2.75) is 23.8 Å². The van der Waals surface area contributed by atoms with Crippen molar-refractivity contribution in [1.82, 2.24) is 10.6 Å². The third kappa shape index (κ3) is 4.25. The highest BCUT2D eigenvalue weighted by atomic mass is 32.2. The summed E-state index contributed by atoms with van der Waals surface area (Å²) in [5.41, 5.74) is 5.75. The predicted octanol–water partition coefficient (Wildman–Crippen LogP) is 0.746. The second kappa shape index (κ2) is 7.31. The largest absolute Gasteiger partial charge is 0.369 e. The van der Waals surface area contributed by atoms with Crippen molar-refractivity contribution in [3.63, 3.8) is 0 Å². The lowest BCUT2D eigenvalue weighted by molar-refractivity contribution is -0.115. The molecule has 1 aromatic rings. The van der Waals surface area contributed by atoms with E-state index in [9.17, 15) is 9.59 Å². The highest BCUT2D eigenvalue weighted by Crippen LogP contribution is 2.22. The number of hydrogen-bond donors (Lipinski definition) is 3. The number of piperidine rings is 1. The monoisotopic (exact) mass is 293 g/mol. The van der Waals surface area contributed by atoms with Gasteiger partial charge in [-0.25, -0.2) is 0 Å². The van der Waals surface area contributed by atoms with Crippen LogP contribution in [0.4, 0.5) is 0 Å². The van der Waals surface area contributed by atoms with E-state index in [0.717, 1.165) is 30.8 Å². The molecule has 0 radical (unpaired) electrons. The van der Waals surface area contributed by atoms with Gasteiger partial charge in [-0.1, -0.05) is 12.1 Å².